The normalized spacial score (nSPS) is 20.9. The standard InChI is InChI=1S/C19H25N5O3/c1-13-9-23(10-14(2)27-13)17(25)12-24-11-16(8-21-24)22-19(26)18(20)15-6-4-3-5-7-15/h3-8,11,13-14,18H,9-10,12,20H2,1-2H3,(H,22,26). The van der Waals surface area contributed by atoms with Gasteiger partial charge in [0.2, 0.25) is 11.8 Å². The number of ether oxygens (including phenoxy) is 1. The lowest BCUT2D eigenvalue weighted by molar-refractivity contribution is -0.144. The van der Waals surface area contributed by atoms with Crippen LogP contribution in [0.25, 0.3) is 0 Å². The van der Waals surface area contributed by atoms with Gasteiger partial charge < -0.3 is 20.7 Å². The van der Waals surface area contributed by atoms with E-state index in [2.05, 4.69) is 10.4 Å². The summed E-state index contributed by atoms with van der Waals surface area (Å²) in [7, 11) is 0. The molecule has 3 N–H and O–H groups in total. The number of hydrogen-bond acceptors (Lipinski definition) is 5. The van der Waals surface area contributed by atoms with Gasteiger partial charge >= 0.3 is 0 Å². The quantitative estimate of drug-likeness (QED) is 0.821. The zero-order chi connectivity index (χ0) is 19.4. The number of aromatic nitrogens is 2. The van der Waals surface area contributed by atoms with E-state index in [9.17, 15) is 9.59 Å². The first-order valence-corrected chi connectivity index (χ1v) is 8.99. The largest absolute Gasteiger partial charge is 0.372 e. The van der Waals surface area contributed by atoms with E-state index in [1.165, 1.54) is 10.9 Å². The molecule has 8 nitrogen and oxygen atoms in total. The Morgan fingerprint density at radius 1 is 1.26 bits per heavy atom. The number of morpholine rings is 1. The Morgan fingerprint density at radius 3 is 2.59 bits per heavy atom. The number of carbonyl (C=O) groups excluding carboxylic acids is 2. The highest BCUT2D eigenvalue weighted by atomic mass is 16.5. The molecule has 3 rings (SSSR count). The summed E-state index contributed by atoms with van der Waals surface area (Å²) in [6.07, 6.45) is 3.17. The van der Waals surface area contributed by atoms with Gasteiger partial charge in [-0.2, -0.15) is 5.10 Å². The molecule has 27 heavy (non-hydrogen) atoms. The van der Waals surface area contributed by atoms with Crippen LogP contribution in [-0.4, -0.2) is 51.8 Å². The highest BCUT2D eigenvalue weighted by Gasteiger charge is 2.26. The van der Waals surface area contributed by atoms with Crippen molar-refractivity contribution in [2.45, 2.75) is 38.6 Å². The fraction of sp³-hybridized carbons (Fsp3) is 0.421. The maximum atomic E-state index is 12.5. The molecule has 0 radical (unpaired) electrons. The minimum absolute atomic E-state index is 0.0182. The number of carbonyl (C=O) groups is 2. The molecule has 8 heteroatoms. The van der Waals surface area contributed by atoms with Gasteiger partial charge in [0.05, 0.1) is 24.1 Å². The van der Waals surface area contributed by atoms with E-state index in [4.69, 9.17) is 10.5 Å². The minimum Gasteiger partial charge on any atom is -0.372 e. The maximum Gasteiger partial charge on any atom is 0.245 e. The SMILES string of the molecule is CC1CN(C(=O)Cn2cc(NC(=O)C(N)c3ccccc3)cn2)CC(C)O1. The Morgan fingerprint density at radius 2 is 1.93 bits per heavy atom. The molecule has 0 aliphatic carbocycles. The number of anilines is 1. The first-order chi connectivity index (χ1) is 12.9. The molecule has 1 aromatic carbocycles. The van der Waals surface area contributed by atoms with Crippen molar-refractivity contribution in [3.63, 3.8) is 0 Å². The summed E-state index contributed by atoms with van der Waals surface area (Å²) in [6.45, 7) is 5.15. The molecule has 0 saturated carbocycles. The predicted molar refractivity (Wildman–Crippen MR) is 101 cm³/mol. The smallest absolute Gasteiger partial charge is 0.245 e. The average Bonchev–Trinajstić information content (AvgIpc) is 3.07. The van der Waals surface area contributed by atoms with E-state index in [0.29, 0.717) is 18.8 Å². The second-order valence-corrected chi connectivity index (χ2v) is 6.86. The number of nitrogens with zero attached hydrogens (tertiary/aromatic N) is 3. The molecule has 3 atom stereocenters. The molecule has 1 fully saturated rings. The van der Waals surface area contributed by atoms with E-state index in [1.54, 1.807) is 23.2 Å². The van der Waals surface area contributed by atoms with E-state index in [1.807, 2.05) is 32.0 Å². The van der Waals surface area contributed by atoms with Gasteiger partial charge in [-0.3, -0.25) is 14.3 Å². The third-order valence-electron chi connectivity index (χ3n) is 4.41. The van der Waals surface area contributed by atoms with Crippen LogP contribution in [0.4, 0.5) is 5.69 Å². The molecule has 1 aromatic heterocycles. The van der Waals surface area contributed by atoms with Gasteiger partial charge in [-0.25, -0.2) is 0 Å². The van der Waals surface area contributed by atoms with Gasteiger partial charge in [-0.05, 0) is 19.4 Å². The monoisotopic (exact) mass is 371 g/mol. The van der Waals surface area contributed by atoms with E-state index in [0.717, 1.165) is 5.56 Å². The molecule has 144 valence electrons. The lowest BCUT2D eigenvalue weighted by atomic mass is 10.1. The second-order valence-electron chi connectivity index (χ2n) is 6.86. The van der Waals surface area contributed by atoms with Gasteiger partial charge in [-0.15, -0.1) is 0 Å². The predicted octanol–water partition coefficient (Wildman–Crippen LogP) is 1.16. The molecule has 1 aliphatic heterocycles. The summed E-state index contributed by atoms with van der Waals surface area (Å²) in [6, 6.07) is 8.37. The Labute approximate surface area is 158 Å². The van der Waals surface area contributed by atoms with Crippen LogP contribution in [0.5, 0.6) is 0 Å². The first-order valence-electron chi connectivity index (χ1n) is 8.99. The fourth-order valence-electron chi connectivity index (χ4n) is 3.17. The van der Waals surface area contributed by atoms with Crippen LogP contribution in [0.3, 0.4) is 0 Å². The Balaban J connectivity index is 1.56. The maximum absolute atomic E-state index is 12.5. The lowest BCUT2D eigenvalue weighted by Crippen LogP contribution is -2.49. The summed E-state index contributed by atoms with van der Waals surface area (Å²) >= 11 is 0. The molecular weight excluding hydrogens is 346 g/mol. The summed E-state index contributed by atoms with van der Waals surface area (Å²) in [5, 5.41) is 6.89. The van der Waals surface area contributed by atoms with Gasteiger partial charge in [0, 0.05) is 19.3 Å². The molecule has 3 unspecified atom stereocenters. The Kier molecular flexibility index (Phi) is 5.88. The molecular formula is C19H25N5O3. The van der Waals surface area contributed by atoms with Crippen molar-refractivity contribution in [1.82, 2.24) is 14.7 Å². The van der Waals surface area contributed by atoms with Crippen LogP contribution in [0.2, 0.25) is 0 Å². The van der Waals surface area contributed by atoms with E-state index in [-0.39, 0.29) is 30.6 Å². The molecule has 0 bridgehead atoms. The van der Waals surface area contributed by atoms with Crippen molar-refractivity contribution < 1.29 is 14.3 Å². The van der Waals surface area contributed by atoms with E-state index >= 15 is 0 Å². The molecule has 2 heterocycles. The van der Waals surface area contributed by atoms with Crippen LogP contribution in [0, 0.1) is 0 Å². The lowest BCUT2D eigenvalue weighted by Gasteiger charge is -2.35. The zero-order valence-corrected chi connectivity index (χ0v) is 15.5. The van der Waals surface area contributed by atoms with Crippen LogP contribution in [0.15, 0.2) is 42.7 Å². The number of hydrogen-bond donors (Lipinski definition) is 2. The molecule has 1 saturated heterocycles. The summed E-state index contributed by atoms with van der Waals surface area (Å²) in [4.78, 5) is 26.6. The summed E-state index contributed by atoms with van der Waals surface area (Å²) < 4.78 is 7.16. The topological polar surface area (TPSA) is 102 Å². The average molecular weight is 371 g/mol. The van der Waals surface area contributed by atoms with Crippen molar-refractivity contribution in [1.29, 1.82) is 0 Å². The van der Waals surface area contributed by atoms with Crippen molar-refractivity contribution >= 4 is 17.5 Å². The van der Waals surface area contributed by atoms with Crippen molar-refractivity contribution in [2.75, 3.05) is 18.4 Å². The number of amides is 2. The molecule has 1 aliphatic rings. The Hall–Kier alpha value is -2.71. The van der Waals surface area contributed by atoms with Crippen LogP contribution >= 0.6 is 0 Å². The second kappa shape index (κ2) is 8.32. The van der Waals surface area contributed by atoms with Crippen molar-refractivity contribution in [3.8, 4) is 0 Å². The fourth-order valence-corrected chi connectivity index (χ4v) is 3.17. The molecule has 2 amide bonds. The van der Waals surface area contributed by atoms with E-state index < -0.39 is 6.04 Å². The zero-order valence-electron chi connectivity index (χ0n) is 15.5. The van der Waals surface area contributed by atoms with Crippen LogP contribution in [0.1, 0.15) is 25.5 Å². The molecule has 0 spiro atoms. The number of rotatable bonds is 5. The van der Waals surface area contributed by atoms with Gasteiger partial charge in [0.15, 0.2) is 0 Å². The van der Waals surface area contributed by atoms with Gasteiger partial charge in [0.1, 0.15) is 12.6 Å². The van der Waals surface area contributed by atoms with Crippen LogP contribution in [-0.2, 0) is 20.9 Å². The number of nitrogens with two attached hydrogens (primary N) is 1. The van der Waals surface area contributed by atoms with Gasteiger partial charge in [-0.1, -0.05) is 30.3 Å². The summed E-state index contributed by atoms with van der Waals surface area (Å²) in [5.74, 6) is -0.359. The number of nitrogens with one attached hydrogen (secondary N) is 1. The van der Waals surface area contributed by atoms with Crippen molar-refractivity contribution in [2.24, 2.45) is 5.73 Å². The highest BCUT2D eigenvalue weighted by Crippen LogP contribution is 2.14. The number of benzene rings is 1. The highest BCUT2D eigenvalue weighted by molar-refractivity contribution is 5.95. The molecule has 2 aromatic rings. The third kappa shape index (κ3) is 4.93. The first kappa shape index (κ1) is 19.1. The van der Waals surface area contributed by atoms with Gasteiger partial charge in [0.25, 0.3) is 0 Å². The van der Waals surface area contributed by atoms with Crippen molar-refractivity contribution in [3.05, 3.63) is 48.3 Å². The Bertz CT molecular complexity index is 782. The third-order valence-corrected chi connectivity index (χ3v) is 4.41. The summed E-state index contributed by atoms with van der Waals surface area (Å²) in [5.41, 5.74) is 7.22. The van der Waals surface area contributed by atoms with Crippen LogP contribution < -0.4 is 11.1 Å². The minimum atomic E-state index is -0.771.